The van der Waals surface area contributed by atoms with Crippen LogP contribution >= 0.6 is 15.9 Å². The number of carbonyl (C=O) groups is 3. The SMILES string of the molecule is COC(=O)[C@@H](Cc1ccc(C)c(Br)c1)OC(=O)N1CCC(N2CCc3ccccc3NC2=O)CC1. The summed E-state index contributed by atoms with van der Waals surface area (Å²) >= 11 is 3.49. The number of aryl methyl sites for hydroxylation is 1. The third-order valence-corrected chi connectivity index (χ3v) is 7.52. The molecule has 4 rings (SSSR count). The minimum Gasteiger partial charge on any atom is -0.466 e. The van der Waals surface area contributed by atoms with Crippen LogP contribution in [0.4, 0.5) is 15.3 Å². The Kier molecular flexibility index (Phi) is 7.95. The summed E-state index contributed by atoms with van der Waals surface area (Å²) in [4.78, 5) is 41.5. The Morgan fingerprint density at radius 1 is 1.14 bits per heavy atom. The van der Waals surface area contributed by atoms with E-state index < -0.39 is 18.2 Å². The molecule has 0 radical (unpaired) electrons. The highest BCUT2D eigenvalue weighted by atomic mass is 79.9. The fourth-order valence-electron chi connectivity index (χ4n) is 4.58. The maximum Gasteiger partial charge on any atom is 0.410 e. The molecular formula is C26H30BrN3O5. The molecule has 35 heavy (non-hydrogen) atoms. The second-order valence-corrected chi connectivity index (χ2v) is 9.79. The minimum atomic E-state index is -1.03. The Morgan fingerprint density at radius 3 is 2.60 bits per heavy atom. The molecule has 0 aliphatic carbocycles. The van der Waals surface area contributed by atoms with Crippen molar-refractivity contribution in [3.8, 4) is 0 Å². The lowest BCUT2D eigenvalue weighted by molar-refractivity contribution is -0.151. The second kappa shape index (κ2) is 11.1. The molecule has 8 nitrogen and oxygen atoms in total. The predicted molar refractivity (Wildman–Crippen MR) is 135 cm³/mol. The average Bonchev–Trinajstić information content (AvgIpc) is 3.03. The number of nitrogens with zero attached hydrogens (tertiary/aromatic N) is 2. The maximum absolute atomic E-state index is 12.9. The molecule has 1 saturated heterocycles. The molecule has 1 atom stereocenters. The van der Waals surface area contributed by atoms with Crippen molar-refractivity contribution in [3.05, 3.63) is 63.6 Å². The first kappa shape index (κ1) is 25.0. The number of para-hydroxylation sites is 1. The lowest BCUT2D eigenvalue weighted by atomic mass is 10.0. The van der Waals surface area contributed by atoms with Gasteiger partial charge in [0.1, 0.15) is 0 Å². The standard InChI is InChI=1S/C26H30BrN3O5/c1-17-7-8-18(15-21(17)27)16-23(24(31)34-2)35-26(33)29-12-10-20(11-13-29)30-14-9-19-5-3-4-6-22(19)28-25(30)32/h3-8,15,20,23H,9-14,16H2,1-2H3,(H,28,32)/t23-/m1/s1. The quantitative estimate of drug-likeness (QED) is 0.559. The molecule has 0 bridgehead atoms. The van der Waals surface area contributed by atoms with E-state index in [1.54, 1.807) is 4.90 Å². The van der Waals surface area contributed by atoms with Gasteiger partial charge < -0.3 is 24.6 Å². The molecule has 2 aromatic carbocycles. The molecule has 186 valence electrons. The minimum absolute atomic E-state index is 0.0367. The summed E-state index contributed by atoms with van der Waals surface area (Å²) in [7, 11) is 1.28. The zero-order valence-corrected chi connectivity index (χ0v) is 21.5. The van der Waals surface area contributed by atoms with Gasteiger partial charge in [-0.15, -0.1) is 0 Å². The van der Waals surface area contributed by atoms with Crippen molar-refractivity contribution in [1.82, 2.24) is 9.80 Å². The maximum atomic E-state index is 12.9. The predicted octanol–water partition coefficient (Wildman–Crippen LogP) is 4.53. The number of methoxy groups -OCH3 is 1. The van der Waals surface area contributed by atoms with E-state index in [1.807, 2.05) is 54.3 Å². The molecular weight excluding hydrogens is 514 g/mol. The van der Waals surface area contributed by atoms with Gasteiger partial charge in [-0.1, -0.05) is 46.3 Å². The van der Waals surface area contributed by atoms with Gasteiger partial charge in [-0.3, -0.25) is 0 Å². The van der Waals surface area contributed by atoms with Crippen LogP contribution in [0.1, 0.15) is 29.5 Å². The first-order valence-corrected chi connectivity index (χ1v) is 12.6. The van der Waals surface area contributed by atoms with Crippen molar-refractivity contribution < 1.29 is 23.9 Å². The number of rotatable bonds is 5. The molecule has 0 saturated carbocycles. The van der Waals surface area contributed by atoms with Gasteiger partial charge in [-0.2, -0.15) is 0 Å². The summed E-state index contributed by atoms with van der Waals surface area (Å²) < 4.78 is 11.4. The summed E-state index contributed by atoms with van der Waals surface area (Å²) in [6.07, 6.45) is 0.724. The first-order chi connectivity index (χ1) is 16.9. The summed E-state index contributed by atoms with van der Waals surface area (Å²) in [5.41, 5.74) is 3.91. The number of urea groups is 1. The number of piperidine rings is 1. The third kappa shape index (κ3) is 5.96. The Balaban J connectivity index is 1.34. The molecule has 0 unspecified atom stereocenters. The summed E-state index contributed by atoms with van der Waals surface area (Å²) in [6.45, 7) is 3.51. The molecule has 2 aliphatic heterocycles. The number of esters is 1. The summed E-state index contributed by atoms with van der Waals surface area (Å²) in [5.74, 6) is -0.592. The van der Waals surface area contributed by atoms with Crippen molar-refractivity contribution in [3.63, 3.8) is 0 Å². The van der Waals surface area contributed by atoms with E-state index in [1.165, 1.54) is 7.11 Å². The van der Waals surface area contributed by atoms with Crippen LogP contribution in [0, 0.1) is 6.92 Å². The van der Waals surface area contributed by atoms with Crippen molar-refractivity contribution in [2.45, 2.75) is 44.8 Å². The smallest absolute Gasteiger partial charge is 0.410 e. The average molecular weight is 544 g/mol. The van der Waals surface area contributed by atoms with Crippen molar-refractivity contribution >= 4 is 39.7 Å². The fraction of sp³-hybridized carbons (Fsp3) is 0.423. The first-order valence-electron chi connectivity index (χ1n) is 11.8. The van der Waals surface area contributed by atoms with Crippen LogP contribution < -0.4 is 5.32 Å². The Hall–Kier alpha value is -3.07. The van der Waals surface area contributed by atoms with Gasteiger partial charge in [-0.05, 0) is 55.0 Å². The highest BCUT2D eigenvalue weighted by Gasteiger charge is 2.33. The zero-order valence-electron chi connectivity index (χ0n) is 20.0. The molecule has 9 heteroatoms. The van der Waals surface area contributed by atoms with Gasteiger partial charge in [0.05, 0.1) is 7.11 Å². The molecule has 3 amide bonds. The van der Waals surface area contributed by atoms with Crippen LogP contribution in [-0.4, -0.2) is 66.8 Å². The number of halogens is 1. The number of ether oxygens (including phenoxy) is 2. The molecule has 2 aliphatic rings. The molecule has 2 heterocycles. The van der Waals surface area contributed by atoms with E-state index in [0.29, 0.717) is 32.5 Å². The van der Waals surface area contributed by atoms with Gasteiger partial charge in [-0.25, -0.2) is 14.4 Å². The van der Waals surface area contributed by atoms with E-state index in [2.05, 4.69) is 21.2 Å². The highest BCUT2D eigenvalue weighted by molar-refractivity contribution is 9.10. The van der Waals surface area contributed by atoms with E-state index >= 15 is 0 Å². The van der Waals surface area contributed by atoms with Crippen LogP contribution in [0.2, 0.25) is 0 Å². The molecule has 2 aromatic rings. The number of fused-ring (bicyclic) bond motifs is 1. The van der Waals surface area contributed by atoms with Crippen LogP contribution in [0.15, 0.2) is 46.9 Å². The molecule has 0 spiro atoms. The fourth-order valence-corrected chi connectivity index (χ4v) is 5.00. The number of benzene rings is 2. The van der Waals surface area contributed by atoms with Gasteiger partial charge in [0.25, 0.3) is 0 Å². The van der Waals surface area contributed by atoms with Gasteiger partial charge in [0, 0.05) is 42.3 Å². The Labute approximate surface area is 213 Å². The molecule has 1 N–H and O–H groups in total. The van der Waals surface area contributed by atoms with E-state index in [0.717, 1.165) is 33.3 Å². The number of carbonyl (C=O) groups excluding carboxylic acids is 3. The van der Waals surface area contributed by atoms with Crippen LogP contribution in [0.3, 0.4) is 0 Å². The van der Waals surface area contributed by atoms with Gasteiger partial charge in [0.15, 0.2) is 0 Å². The summed E-state index contributed by atoms with van der Waals surface area (Å²) in [6, 6.07) is 13.5. The Morgan fingerprint density at radius 2 is 1.89 bits per heavy atom. The number of hydrogen-bond acceptors (Lipinski definition) is 5. The van der Waals surface area contributed by atoms with E-state index in [9.17, 15) is 14.4 Å². The van der Waals surface area contributed by atoms with Crippen LogP contribution in [0.5, 0.6) is 0 Å². The van der Waals surface area contributed by atoms with E-state index in [-0.39, 0.29) is 18.5 Å². The van der Waals surface area contributed by atoms with Gasteiger partial charge >= 0.3 is 18.1 Å². The highest BCUT2D eigenvalue weighted by Crippen LogP contribution is 2.25. The molecule has 1 fully saturated rings. The van der Waals surface area contributed by atoms with Gasteiger partial charge in [0.2, 0.25) is 6.10 Å². The monoisotopic (exact) mass is 543 g/mol. The Bertz CT molecular complexity index is 1100. The van der Waals surface area contributed by atoms with Crippen molar-refractivity contribution in [1.29, 1.82) is 0 Å². The number of nitrogens with one attached hydrogen (secondary N) is 1. The van der Waals surface area contributed by atoms with Crippen molar-refractivity contribution in [2.24, 2.45) is 0 Å². The lowest BCUT2D eigenvalue weighted by Gasteiger charge is -2.37. The summed E-state index contributed by atoms with van der Waals surface area (Å²) in [5, 5.41) is 3.01. The van der Waals surface area contributed by atoms with Crippen LogP contribution in [-0.2, 0) is 27.1 Å². The second-order valence-electron chi connectivity index (χ2n) is 8.93. The number of hydrogen-bond donors (Lipinski definition) is 1. The lowest BCUT2D eigenvalue weighted by Crippen LogP contribution is -2.50. The van der Waals surface area contributed by atoms with E-state index in [4.69, 9.17) is 9.47 Å². The number of likely N-dealkylation sites (tertiary alicyclic amines) is 1. The largest absolute Gasteiger partial charge is 0.466 e. The third-order valence-electron chi connectivity index (χ3n) is 6.67. The number of amides is 3. The topological polar surface area (TPSA) is 88.2 Å². The molecule has 0 aromatic heterocycles. The zero-order chi connectivity index (χ0) is 24.9. The normalized spacial score (nSPS) is 17.2. The van der Waals surface area contributed by atoms with Crippen molar-refractivity contribution in [2.75, 3.05) is 32.1 Å². The number of anilines is 1. The van der Waals surface area contributed by atoms with Crippen LogP contribution in [0.25, 0.3) is 0 Å².